The van der Waals surface area contributed by atoms with Crippen molar-refractivity contribution in [3.63, 3.8) is 0 Å². The summed E-state index contributed by atoms with van der Waals surface area (Å²) in [6, 6.07) is 8.44. The molecule has 0 saturated heterocycles. The van der Waals surface area contributed by atoms with E-state index >= 15 is 0 Å². The van der Waals surface area contributed by atoms with Gasteiger partial charge in [-0.1, -0.05) is 22.8 Å². The maximum Gasteiger partial charge on any atom is 0.271 e. The fourth-order valence-corrected chi connectivity index (χ4v) is 1.68. The van der Waals surface area contributed by atoms with E-state index in [4.69, 9.17) is 27.3 Å². The van der Waals surface area contributed by atoms with Crippen molar-refractivity contribution in [3.8, 4) is 11.6 Å². The third-order valence-corrected chi connectivity index (χ3v) is 2.73. The van der Waals surface area contributed by atoms with Crippen LogP contribution in [0.15, 0.2) is 41.6 Å². The first-order valence-corrected chi connectivity index (χ1v) is 5.96. The van der Waals surface area contributed by atoms with Crippen LogP contribution in [-0.4, -0.2) is 21.0 Å². The Bertz CT molecular complexity index is 720. The average molecular weight is 309 g/mol. The minimum absolute atomic E-state index is 0.0696. The summed E-state index contributed by atoms with van der Waals surface area (Å²) < 4.78 is 5.42. The molecule has 1 aromatic carbocycles. The molecule has 0 spiro atoms. The zero-order valence-electron chi connectivity index (χ0n) is 10.4. The van der Waals surface area contributed by atoms with Crippen LogP contribution in [0.2, 0.25) is 5.02 Å². The lowest BCUT2D eigenvalue weighted by atomic mass is 10.3. The first-order chi connectivity index (χ1) is 10.0. The van der Waals surface area contributed by atoms with Crippen LogP contribution >= 0.6 is 11.6 Å². The number of halogens is 1. The summed E-state index contributed by atoms with van der Waals surface area (Å²) in [6.45, 7) is 0. The molecule has 2 rings (SSSR count). The Balaban J connectivity index is 2.28. The highest BCUT2D eigenvalue weighted by Crippen LogP contribution is 2.31. The number of hydrogen-bond acceptors (Lipinski definition) is 6. The molecule has 0 radical (unpaired) electrons. The monoisotopic (exact) mass is 308 g/mol. The molecule has 108 valence electrons. The molecule has 0 saturated carbocycles. The smallest absolute Gasteiger partial charge is 0.271 e. The van der Waals surface area contributed by atoms with Gasteiger partial charge in [-0.2, -0.15) is 0 Å². The number of amidine groups is 1. The van der Waals surface area contributed by atoms with Crippen LogP contribution < -0.4 is 10.5 Å². The molecular weight excluding hydrogens is 300 g/mol. The Morgan fingerprint density at radius 2 is 2.19 bits per heavy atom. The topological polar surface area (TPSA) is 124 Å². The summed E-state index contributed by atoms with van der Waals surface area (Å²) in [5, 5.41) is 22.1. The fraction of sp³-hybridized carbons (Fsp3) is 0. The second-order valence-electron chi connectivity index (χ2n) is 3.82. The number of hydrogen-bond donors (Lipinski definition) is 2. The average Bonchev–Trinajstić information content (AvgIpc) is 2.48. The van der Waals surface area contributed by atoms with E-state index in [-0.39, 0.29) is 33.9 Å². The molecule has 1 aromatic heterocycles. The van der Waals surface area contributed by atoms with Crippen molar-refractivity contribution in [2.24, 2.45) is 10.9 Å². The van der Waals surface area contributed by atoms with E-state index in [2.05, 4.69) is 10.1 Å². The van der Waals surface area contributed by atoms with Gasteiger partial charge in [-0.15, -0.1) is 0 Å². The van der Waals surface area contributed by atoms with Gasteiger partial charge in [0, 0.05) is 18.2 Å². The van der Waals surface area contributed by atoms with Gasteiger partial charge in [0.2, 0.25) is 5.88 Å². The van der Waals surface area contributed by atoms with Gasteiger partial charge in [-0.05, 0) is 12.1 Å². The van der Waals surface area contributed by atoms with E-state index in [0.717, 1.165) is 0 Å². The van der Waals surface area contributed by atoms with E-state index in [1.807, 2.05) is 0 Å². The lowest BCUT2D eigenvalue weighted by molar-refractivity contribution is -0.384. The largest absolute Gasteiger partial charge is 0.437 e. The Kier molecular flexibility index (Phi) is 4.19. The van der Waals surface area contributed by atoms with Crippen molar-refractivity contribution >= 4 is 23.1 Å². The van der Waals surface area contributed by atoms with Gasteiger partial charge >= 0.3 is 0 Å². The quantitative estimate of drug-likeness (QED) is 0.294. The summed E-state index contributed by atoms with van der Waals surface area (Å²) >= 11 is 5.91. The molecular formula is C12H9ClN4O4. The van der Waals surface area contributed by atoms with E-state index < -0.39 is 4.92 Å². The van der Waals surface area contributed by atoms with Gasteiger partial charge in [0.05, 0.1) is 9.95 Å². The second-order valence-corrected chi connectivity index (χ2v) is 4.23. The van der Waals surface area contributed by atoms with E-state index in [1.54, 1.807) is 6.07 Å². The van der Waals surface area contributed by atoms with Crippen LogP contribution in [0.4, 0.5) is 5.69 Å². The highest BCUT2D eigenvalue weighted by atomic mass is 35.5. The van der Waals surface area contributed by atoms with Crippen molar-refractivity contribution in [2.75, 3.05) is 0 Å². The van der Waals surface area contributed by atoms with Crippen molar-refractivity contribution in [1.29, 1.82) is 0 Å². The Labute approximate surface area is 123 Å². The predicted octanol–water partition coefficient (Wildman–Crippen LogP) is 2.53. The number of nitrogens with zero attached hydrogens (tertiary/aromatic N) is 3. The molecule has 0 aliphatic heterocycles. The first-order valence-electron chi connectivity index (χ1n) is 5.58. The van der Waals surface area contributed by atoms with Gasteiger partial charge in [-0.3, -0.25) is 10.1 Å². The molecule has 21 heavy (non-hydrogen) atoms. The fourth-order valence-electron chi connectivity index (χ4n) is 1.46. The number of ether oxygens (including phenoxy) is 1. The van der Waals surface area contributed by atoms with Crippen molar-refractivity contribution in [2.45, 2.75) is 0 Å². The molecule has 0 amide bonds. The molecule has 3 N–H and O–H groups in total. The number of oxime groups is 1. The maximum atomic E-state index is 10.6. The molecule has 0 aliphatic carbocycles. The number of nitro benzene ring substituents is 1. The summed E-state index contributed by atoms with van der Waals surface area (Å²) in [4.78, 5) is 14.1. The first kappa shape index (κ1) is 14.5. The molecule has 0 fully saturated rings. The van der Waals surface area contributed by atoms with Crippen LogP contribution in [-0.2, 0) is 0 Å². The third kappa shape index (κ3) is 3.37. The van der Waals surface area contributed by atoms with Crippen LogP contribution in [0.3, 0.4) is 0 Å². The summed E-state index contributed by atoms with van der Waals surface area (Å²) in [6.07, 6.45) is 0. The van der Waals surface area contributed by atoms with Gasteiger partial charge in [0.1, 0.15) is 11.4 Å². The summed E-state index contributed by atoms with van der Waals surface area (Å²) in [5.74, 6) is 0.177. The molecule has 1 heterocycles. The van der Waals surface area contributed by atoms with Crippen LogP contribution in [0, 0.1) is 10.1 Å². The molecule has 0 atom stereocenters. The maximum absolute atomic E-state index is 10.6. The summed E-state index contributed by atoms with van der Waals surface area (Å²) in [5.41, 5.74) is 5.49. The predicted molar refractivity (Wildman–Crippen MR) is 74.9 cm³/mol. The van der Waals surface area contributed by atoms with Crippen LogP contribution in [0.1, 0.15) is 5.69 Å². The number of nitrogens with two attached hydrogens (primary N) is 1. The second kappa shape index (κ2) is 6.06. The number of aromatic nitrogens is 1. The number of benzene rings is 1. The standard InChI is InChI=1S/C12H9ClN4O4/c13-8-6-7(17(19)20)4-5-10(8)21-11-3-1-2-9(15-11)12(14)16-18/h1-6,18H,(H2,14,16). The van der Waals surface area contributed by atoms with Crippen LogP contribution in [0.5, 0.6) is 11.6 Å². The molecule has 9 heteroatoms. The third-order valence-electron chi connectivity index (χ3n) is 2.43. The van der Waals surface area contributed by atoms with Gasteiger partial charge < -0.3 is 15.7 Å². The highest BCUT2D eigenvalue weighted by molar-refractivity contribution is 6.32. The van der Waals surface area contributed by atoms with Crippen LogP contribution in [0.25, 0.3) is 0 Å². The van der Waals surface area contributed by atoms with Crippen molar-refractivity contribution in [3.05, 3.63) is 57.2 Å². The SMILES string of the molecule is NC(=NO)c1cccc(Oc2ccc([N+](=O)[O-])cc2Cl)n1. The van der Waals surface area contributed by atoms with Crippen molar-refractivity contribution in [1.82, 2.24) is 4.98 Å². The van der Waals surface area contributed by atoms with Crippen molar-refractivity contribution < 1.29 is 14.9 Å². The minimum atomic E-state index is -0.563. The minimum Gasteiger partial charge on any atom is -0.437 e. The number of pyridine rings is 1. The Morgan fingerprint density at radius 3 is 2.81 bits per heavy atom. The molecule has 2 aromatic rings. The van der Waals surface area contributed by atoms with E-state index in [9.17, 15) is 10.1 Å². The lowest BCUT2D eigenvalue weighted by Crippen LogP contribution is -2.14. The van der Waals surface area contributed by atoms with E-state index in [1.165, 1.54) is 30.3 Å². The summed E-state index contributed by atoms with van der Waals surface area (Å²) in [7, 11) is 0. The Morgan fingerprint density at radius 1 is 1.43 bits per heavy atom. The molecule has 0 aliphatic rings. The Hall–Kier alpha value is -2.87. The molecule has 0 unspecified atom stereocenters. The zero-order valence-corrected chi connectivity index (χ0v) is 11.2. The highest BCUT2D eigenvalue weighted by Gasteiger charge is 2.12. The van der Waals surface area contributed by atoms with Gasteiger partial charge in [-0.25, -0.2) is 4.98 Å². The molecule has 0 bridgehead atoms. The molecule has 8 nitrogen and oxygen atoms in total. The van der Waals surface area contributed by atoms with Gasteiger partial charge in [0.15, 0.2) is 5.84 Å². The lowest BCUT2D eigenvalue weighted by Gasteiger charge is -2.07. The normalized spacial score (nSPS) is 11.2. The number of rotatable bonds is 4. The number of non-ortho nitro benzene ring substituents is 1. The zero-order chi connectivity index (χ0) is 15.4. The number of nitro groups is 1. The van der Waals surface area contributed by atoms with E-state index in [0.29, 0.717) is 0 Å². The van der Waals surface area contributed by atoms with Gasteiger partial charge in [0.25, 0.3) is 5.69 Å².